The molecule has 108 valence electrons. The van der Waals surface area contributed by atoms with Gasteiger partial charge in [0.2, 0.25) is 0 Å². The van der Waals surface area contributed by atoms with Crippen molar-refractivity contribution in [2.45, 2.75) is 6.61 Å². The van der Waals surface area contributed by atoms with Gasteiger partial charge in [-0.1, -0.05) is 29.4 Å². The highest BCUT2D eigenvalue weighted by atomic mass is 19.1. The summed E-state index contributed by atoms with van der Waals surface area (Å²) in [5.74, 6) is -0.668. The van der Waals surface area contributed by atoms with Crippen LogP contribution < -0.4 is 0 Å². The zero-order chi connectivity index (χ0) is 15.1. The molecule has 0 saturated carbocycles. The van der Waals surface area contributed by atoms with Gasteiger partial charge in [-0.15, -0.1) is 0 Å². The quantitative estimate of drug-likeness (QED) is 0.482. The fraction of sp³-hybridized carbons (Fsp3) is 0.125. The molecule has 0 aliphatic rings. The van der Waals surface area contributed by atoms with Crippen LogP contribution in [-0.4, -0.2) is 19.3 Å². The van der Waals surface area contributed by atoms with Crippen LogP contribution in [0.25, 0.3) is 0 Å². The third kappa shape index (κ3) is 4.42. The third-order valence-electron chi connectivity index (χ3n) is 2.75. The van der Waals surface area contributed by atoms with Crippen molar-refractivity contribution in [1.82, 2.24) is 0 Å². The maximum absolute atomic E-state index is 12.7. The van der Waals surface area contributed by atoms with Crippen LogP contribution in [0.15, 0.2) is 53.7 Å². The molecule has 2 aromatic rings. The van der Waals surface area contributed by atoms with Crippen LogP contribution in [0.2, 0.25) is 0 Å². The van der Waals surface area contributed by atoms with Crippen molar-refractivity contribution in [3.63, 3.8) is 0 Å². The van der Waals surface area contributed by atoms with E-state index in [0.29, 0.717) is 5.56 Å². The maximum atomic E-state index is 12.7. The lowest BCUT2D eigenvalue weighted by atomic mass is 10.1. The summed E-state index contributed by atoms with van der Waals surface area (Å²) in [6.45, 7) is 0.261. The first-order valence-electron chi connectivity index (χ1n) is 6.27. The number of carbonyl (C=O) groups excluding carboxylic acids is 1. The van der Waals surface area contributed by atoms with E-state index in [1.807, 2.05) is 0 Å². The molecule has 0 atom stereocenters. The lowest BCUT2D eigenvalue weighted by molar-refractivity contribution is 0.0600. The fourth-order valence-electron chi connectivity index (χ4n) is 1.61. The molecule has 0 spiro atoms. The van der Waals surface area contributed by atoms with E-state index >= 15 is 0 Å². The molecule has 21 heavy (non-hydrogen) atoms. The summed E-state index contributed by atoms with van der Waals surface area (Å²) in [6, 6.07) is 12.8. The van der Waals surface area contributed by atoms with E-state index in [0.717, 1.165) is 11.1 Å². The van der Waals surface area contributed by atoms with Crippen molar-refractivity contribution in [2.24, 2.45) is 5.16 Å². The van der Waals surface area contributed by atoms with E-state index in [9.17, 15) is 9.18 Å². The minimum absolute atomic E-state index is 0.261. The van der Waals surface area contributed by atoms with E-state index in [2.05, 4.69) is 9.89 Å². The van der Waals surface area contributed by atoms with Gasteiger partial charge in [0.15, 0.2) is 0 Å². The Bertz CT molecular complexity index is 621. The average Bonchev–Trinajstić information content (AvgIpc) is 2.53. The Balaban J connectivity index is 1.86. The van der Waals surface area contributed by atoms with Gasteiger partial charge in [-0.3, -0.25) is 0 Å². The molecule has 0 unspecified atom stereocenters. The van der Waals surface area contributed by atoms with Crippen molar-refractivity contribution in [3.8, 4) is 0 Å². The van der Waals surface area contributed by atoms with Gasteiger partial charge in [0.1, 0.15) is 12.4 Å². The van der Waals surface area contributed by atoms with Crippen LogP contribution in [-0.2, 0) is 16.2 Å². The largest absolute Gasteiger partial charge is 0.465 e. The zero-order valence-corrected chi connectivity index (χ0v) is 11.5. The Morgan fingerprint density at radius 2 is 1.81 bits per heavy atom. The van der Waals surface area contributed by atoms with E-state index < -0.39 is 0 Å². The van der Waals surface area contributed by atoms with Gasteiger partial charge in [0.25, 0.3) is 0 Å². The summed E-state index contributed by atoms with van der Waals surface area (Å²) in [6.07, 6.45) is 1.53. The number of methoxy groups -OCH3 is 1. The first-order valence-corrected chi connectivity index (χ1v) is 6.27. The van der Waals surface area contributed by atoms with Gasteiger partial charge in [0, 0.05) is 0 Å². The van der Waals surface area contributed by atoms with Crippen LogP contribution in [0.1, 0.15) is 21.5 Å². The number of hydrogen-bond acceptors (Lipinski definition) is 4. The molecule has 0 fully saturated rings. The van der Waals surface area contributed by atoms with Crippen LogP contribution in [0.5, 0.6) is 0 Å². The van der Waals surface area contributed by atoms with Crippen molar-refractivity contribution >= 4 is 12.2 Å². The predicted molar refractivity (Wildman–Crippen MR) is 76.6 cm³/mol. The number of hydrogen-bond donors (Lipinski definition) is 0. The molecule has 0 radical (unpaired) electrons. The highest BCUT2D eigenvalue weighted by Gasteiger charge is 2.03. The van der Waals surface area contributed by atoms with E-state index in [1.54, 1.807) is 36.4 Å². The van der Waals surface area contributed by atoms with Crippen molar-refractivity contribution in [1.29, 1.82) is 0 Å². The van der Waals surface area contributed by atoms with Crippen molar-refractivity contribution < 1.29 is 18.8 Å². The van der Waals surface area contributed by atoms with Crippen LogP contribution in [0.3, 0.4) is 0 Å². The molecule has 4 nitrogen and oxygen atoms in total. The summed E-state index contributed by atoms with van der Waals surface area (Å²) >= 11 is 0. The van der Waals surface area contributed by atoms with Crippen molar-refractivity contribution in [2.75, 3.05) is 7.11 Å². The van der Waals surface area contributed by atoms with Gasteiger partial charge in [0.05, 0.1) is 18.9 Å². The third-order valence-corrected chi connectivity index (χ3v) is 2.75. The second kappa shape index (κ2) is 7.19. The Morgan fingerprint density at radius 1 is 1.14 bits per heavy atom. The number of carbonyl (C=O) groups is 1. The minimum Gasteiger partial charge on any atom is -0.465 e. The number of nitrogens with zero attached hydrogens (tertiary/aromatic N) is 1. The molecule has 0 N–H and O–H groups in total. The Kier molecular flexibility index (Phi) is 5.04. The highest BCUT2D eigenvalue weighted by Crippen LogP contribution is 2.06. The summed E-state index contributed by atoms with van der Waals surface area (Å²) in [7, 11) is 1.33. The standard InChI is InChI=1S/C16H14FNO3/c1-20-16(19)14-6-2-12(3-7-14)10-18-21-11-13-4-8-15(17)9-5-13/h2-10H,11H2,1H3/b18-10+. The molecule has 0 aromatic heterocycles. The lowest BCUT2D eigenvalue weighted by Crippen LogP contribution is -2.00. The van der Waals surface area contributed by atoms with Gasteiger partial charge in [-0.2, -0.15) is 0 Å². The SMILES string of the molecule is COC(=O)c1ccc(/C=N/OCc2ccc(F)cc2)cc1. The molecule has 0 amide bonds. The van der Waals surface area contributed by atoms with Gasteiger partial charge >= 0.3 is 5.97 Å². The lowest BCUT2D eigenvalue weighted by Gasteiger charge is -2.00. The normalized spacial score (nSPS) is 10.6. The van der Waals surface area contributed by atoms with Gasteiger partial charge < -0.3 is 9.57 Å². The Morgan fingerprint density at radius 3 is 2.43 bits per heavy atom. The molecule has 0 heterocycles. The number of ether oxygens (including phenoxy) is 1. The van der Waals surface area contributed by atoms with Crippen molar-refractivity contribution in [3.05, 3.63) is 71.0 Å². The summed E-state index contributed by atoms with van der Waals surface area (Å²) in [5.41, 5.74) is 2.10. The maximum Gasteiger partial charge on any atom is 0.337 e. The van der Waals surface area contributed by atoms with Gasteiger partial charge in [-0.05, 0) is 35.4 Å². The van der Waals surface area contributed by atoms with E-state index in [4.69, 9.17) is 4.84 Å². The zero-order valence-electron chi connectivity index (χ0n) is 11.5. The highest BCUT2D eigenvalue weighted by molar-refractivity contribution is 5.90. The molecule has 0 aliphatic carbocycles. The molecular weight excluding hydrogens is 273 g/mol. The molecular formula is C16H14FNO3. The number of halogens is 1. The Hall–Kier alpha value is -2.69. The molecule has 2 rings (SSSR count). The topological polar surface area (TPSA) is 47.9 Å². The second-order valence-electron chi connectivity index (χ2n) is 4.25. The first kappa shape index (κ1) is 14.7. The molecule has 0 aliphatic heterocycles. The van der Waals surface area contributed by atoms with Crippen LogP contribution >= 0.6 is 0 Å². The average molecular weight is 287 g/mol. The monoisotopic (exact) mass is 287 g/mol. The molecule has 2 aromatic carbocycles. The Labute approximate surface area is 121 Å². The summed E-state index contributed by atoms with van der Waals surface area (Å²) < 4.78 is 17.3. The smallest absolute Gasteiger partial charge is 0.337 e. The van der Waals surface area contributed by atoms with E-state index in [1.165, 1.54) is 25.5 Å². The molecule has 0 saturated heterocycles. The molecule has 0 bridgehead atoms. The summed E-state index contributed by atoms with van der Waals surface area (Å²) in [5, 5.41) is 3.82. The summed E-state index contributed by atoms with van der Waals surface area (Å²) in [4.78, 5) is 16.4. The molecule has 5 heteroatoms. The first-order chi connectivity index (χ1) is 10.2. The van der Waals surface area contributed by atoms with Crippen LogP contribution in [0, 0.1) is 5.82 Å². The van der Waals surface area contributed by atoms with Gasteiger partial charge in [-0.25, -0.2) is 9.18 Å². The number of esters is 1. The fourth-order valence-corrected chi connectivity index (χ4v) is 1.61. The number of oxime groups is 1. The van der Waals surface area contributed by atoms with Crippen LogP contribution in [0.4, 0.5) is 4.39 Å². The second-order valence-corrected chi connectivity index (χ2v) is 4.25. The number of rotatable bonds is 5. The predicted octanol–water partition coefficient (Wildman–Crippen LogP) is 3.16. The minimum atomic E-state index is -0.383. The van der Waals surface area contributed by atoms with E-state index in [-0.39, 0.29) is 18.4 Å². The number of benzene rings is 2.